The van der Waals surface area contributed by atoms with Crippen LogP contribution in [-0.2, 0) is 18.6 Å². The SMILES string of the molecule is CCc1cnc(CSc2cnc(NC(=O)NCCc3ccncc3)s2)o1. The van der Waals surface area contributed by atoms with E-state index in [0.29, 0.717) is 23.3 Å². The van der Waals surface area contributed by atoms with Crippen LogP contribution in [-0.4, -0.2) is 27.5 Å². The third-order valence-electron chi connectivity index (χ3n) is 3.44. The Morgan fingerprint density at radius 2 is 2.12 bits per heavy atom. The van der Waals surface area contributed by atoms with Gasteiger partial charge in [-0.3, -0.25) is 10.3 Å². The molecule has 0 aliphatic carbocycles. The minimum absolute atomic E-state index is 0.259. The summed E-state index contributed by atoms with van der Waals surface area (Å²) >= 11 is 3.01. The Hall–Kier alpha value is -2.39. The number of hydrogen-bond acceptors (Lipinski definition) is 7. The van der Waals surface area contributed by atoms with Crippen LogP contribution in [0.3, 0.4) is 0 Å². The lowest BCUT2D eigenvalue weighted by atomic mass is 10.2. The van der Waals surface area contributed by atoms with E-state index in [9.17, 15) is 4.79 Å². The van der Waals surface area contributed by atoms with Gasteiger partial charge >= 0.3 is 6.03 Å². The van der Waals surface area contributed by atoms with Crippen molar-refractivity contribution in [3.8, 4) is 0 Å². The Labute approximate surface area is 159 Å². The van der Waals surface area contributed by atoms with Gasteiger partial charge in [0.1, 0.15) is 5.76 Å². The van der Waals surface area contributed by atoms with Crippen LogP contribution >= 0.6 is 23.1 Å². The van der Waals surface area contributed by atoms with Gasteiger partial charge in [0, 0.05) is 25.4 Å². The van der Waals surface area contributed by atoms with Gasteiger partial charge in [-0.25, -0.2) is 14.8 Å². The number of amides is 2. The van der Waals surface area contributed by atoms with Gasteiger partial charge < -0.3 is 9.73 Å². The maximum atomic E-state index is 11.9. The first-order valence-corrected chi connectivity index (χ1v) is 9.99. The zero-order valence-electron chi connectivity index (χ0n) is 14.3. The third-order valence-corrected chi connectivity index (χ3v) is 5.53. The van der Waals surface area contributed by atoms with E-state index in [1.165, 1.54) is 11.3 Å². The highest BCUT2D eigenvalue weighted by molar-refractivity contribution is 8.00. The Balaban J connectivity index is 1.40. The van der Waals surface area contributed by atoms with Crippen molar-refractivity contribution >= 4 is 34.3 Å². The number of carbonyl (C=O) groups is 1. The van der Waals surface area contributed by atoms with E-state index in [1.54, 1.807) is 36.5 Å². The molecule has 2 N–H and O–H groups in total. The van der Waals surface area contributed by atoms with Crippen molar-refractivity contribution in [2.24, 2.45) is 0 Å². The second-order valence-electron chi connectivity index (χ2n) is 5.33. The molecule has 9 heteroatoms. The van der Waals surface area contributed by atoms with Gasteiger partial charge in [-0.05, 0) is 24.1 Å². The molecule has 3 rings (SSSR count). The molecule has 0 aromatic carbocycles. The summed E-state index contributed by atoms with van der Waals surface area (Å²) in [4.78, 5) is 24.3. The fourth-order valence-corrected chi connectivity index (χ4v) is 3.83. The third kappa shape index (κ3) is 5.57. The first-order chi connectivity index (χ1) is 12.7. The molecule has 0 spiro atoms. The number of nitrogens with zero attached hydrogens (tertiary/aromatic N) is 3. The number of thioether (sulfide) groups is 1. The van der Waals surface area contributed by atoms with Gasteiger partial charge in [-0.15, -0.1) is 11.8 Å². The van der Waals surface area contributed by atoms with Crippen LogP contribution in [0.15, 0.2) is 45.5 Å². The van der Waals surface area contributed by atoms with Gasteiger partial charge in [-0.2, -0.15) is 0 Å². The number of nitrogens with one attached hydrogen (secondary N) is 2. The predicted octanol–water partition coefficient (Wildman–Crippen LogP) is 3.75. The Bertz CT molecular complexity index is 835. The molecule has 0 unspecified atom stereocenters. The average molecular weight is 390 g/mol. The van der Waals surface area contributed by atoms with Crippen LogP contribution in [0.1, 0.15) is 24.1 Å². The first kappa shape index (κ1) is 18.4. The number of carbonyl (C=O) groups excluding carboxylic acids is 1. The molecule has 0 saturated carbocycles. The highest BCUT2D eigenvalue weighted by Gasteiger charge is 2.09. The largest absolute Gasteiger partial charge is 0.445 e. The summed E-state index contributed by atoms with van der Waals surface area (Å²) in [6, 6.07) is 3.60. The van der Waals surface area contributed by atoms with Crippen molar-refractivity contribution in [3.05, 3.63) is 54.1 Å². The van der Waals surface area contributed by atoms with Crippen molar-refractivity contribution in [2.75, 3.05) is 11.9 Å². The van der Waals surface area contributed by atoms with Crippen LogP contribution in [0.2, 0.25) is 0 Å². The maximum Gasteiger partial charge on any atom is 0.321 e. The molecular formula is C17H19N5O2S2. The van der Waals surface area contributed by atoms with Gasteiger partial charge in [-0.1, -0.05) is 18.3 Å². The molecular weight excluding hydrogens is 370 g/mol. The van der Waals surface area contributed by atoms with Gasteiger partial charge in [0.05, 0.1) is 22.4 Å². The van der Waals surface area contributed by atoms with E-state index in [-0.39, 0.29) is 6.03 Å². The highest BCUT2D eigenvalue weighted by Crippen LogP contribution is 2.30. The Morgan fingerprint density at radius 1 is 1.27 bits per heavy atom. The van der Waals surface area contributed by atoms with Crippen LogP contribution < -0.4 is 10.6 Å². The molecule has 7 nitrogen and oxygen atoms in total. The van der Waals surface area contributed by atoms with E-state index in [1.807, 2.05) is 19.1 Å². The summed E-state index contributed by atoms with van der Waals surface area (Å²) in [5, 5.41) is 6.14. The van der Waals surface area contributed by atoms with Gasteiger partial charge in [0.15, 0.2) is 5.13 Å². The molecule has 3 heterocycles. The first-order valence-electron chi connectivity index (χ1n) is 8.19. The number of thiazole rings is 1. The zero-order valence-corrected chi connectivity index (χ0v) is 15.9. The number of urea groups is 1. The number of hydrogen-bond donors (Lipinski definition) is 2. The van der Waals surface area contributed by atoms with Crippen LogP contribution in [0, 0.1) is 0 Å². The number of oxazole rings is 1. The summed E-state index contributed by atoms with van der Waals surface area (Å²) < 4.78 is 6.57. The lowest BCUT2D eigenvalue weighted by molar-refractivity contribution is 0.252. The molecule has 136 valence electrons. The van der Waals surface area contributed by atoms with Crippen molar-refractivity contribution in [3.63, 3.8) is 0 Å². The minimum Gasteiger partial charge on any atom is -0.445 e. The van der Waals surface area contributed by atoms with E-state index in [4.69, 9.17) is 4.42 Å². The topological polar surface area (TPSA) is 92.9 Å². The van der Waals surface area contributed by atoms with E-state index in [0.717, 1.165) is 28.4 Å². The molecule has 0 atom stereocenters. The molecule has 0 saturated heterocycles. The van der Waals surface area contributed by atoms with Crippen molar-refractivity contribution in [1.29, 1.82) is 0 Å². The fourth-order valence-electron chi connectivity index (χ4n) is 2.11. The normalized spacial score (nSPS) is 10.7. The van der Waals surface area contributed by atoms with E-state index in [2.05, 4.69) is 25.6 Å². The summed E-state index contributed by atoms with van der Waals surface area (Å²) in [5.41, 5.74) is 1.13. The minimum atomic E-state index is -0.259. The molecule has 2 amide bonds. The molecule has 3 aromatic rings. The number of anilines is 1. The summed E-state index contributed by atoms with van der Waals surface area (Å²) in [6.07, 6.45) is 8.57. The van der Waals surface area contributed by atoms with Crippen molar-refractivity contribution in [1.82, 2.24) is 20.3 Å². The molecule has 0 radical (unpaired) electrons. The molecule has 26 heavy (non-hydrogen) atoms. The molecule has 0 bridgehead atoms. The smallest absolute Gasteiger partial charge is 0.321 e. The van der Waals surface area contributed by atoms with E-state index >= 15 is 0 Å². The second kappa shape index (κ2) is 9.35. The average Bonchev–Trinajstić information content (AvgIpc) is 3.30. The molecule has 0 aliphatic rings. The lowest BCUT2D eigenvalue weighted by Gasteiger charge is -2.05. The van der Waals surface area contributed by atoms with Crippen LogP contribution in [0.5, 0.6) is 0 Å². The molecule has 0 fully saturated rings. The van der Waals surface area contributed by atoms with Crippen molar-refractivity contribution < 1.29 is 9.21 Å². The zero-order chi connectivity index (χ0) is 18.2. The molecule has 0 aliphatic heterocycles. The van der Waals surface area contributed by atoms with Crippen LogP contribution in [0.4, 0.5) is 9.93 Å². The number of aromatic nitrogens is 3. The maximum absolute atomic E-state index is 11.9. The van der Waals surface area contributed by atoms with Crippen molar-refractivity contribution in [2.45, 2.75) is 29.7 Å². The second-order valence-corrected chi connectivity index (χ2v) is 7.64. The predicted molar refractivity (Wildman–Crippen MR) is 103 cm³/mol. The standard InChI is InChI=1S/C17H19N5O2S2/c1-2-13-9-20-14(24-13)11-25-15-10-21-17(26-15)22-16(23)19-8-5-12-3-6-18-7-4-12/h3-4,6-7,9-10H,2,5,8,11H2,1H3,(H2,19,21,22,23). The fraction of sp³-hybridized carbons (Fsp3) is 0.294. The Kier molecular flexibility index (Phi) is 6.62. The summed E-state index contributed by atoms with van der Waals surface area (Å²) in [7, 11) is 0. The number of pyridine rings is 1. The number of rotatable bonds is 8. The van der Waals surface area contributed by atoms with Crippen LogP contribution in [0.25, 0.3) is 0 Å². The summed E-state index contributed by atoms with van der Waals surface area (Å²) in [5.74, 6) is 2.22. The summed E-state index contributed by atoms with van der Waals surface area (Å²) in [6.45, 7) is 2.58. The lowest BCUT2D eigenvalue weighted by Crippen LogP contribution is -2.30. The monoisotopic (exact) mass is 389 g/mol. The van der Waals surface area contributed by atoms with Gasteiger partial charge in [0.2, 0.25) is 5.89 Å². The number of aryl methyl sites for hydroxylation is 1. The quantitative estimate of drug-likeness (QED) is 0.570. The highest BCUT2D eigenvalue weighted by atomic mass is 32.2. The van der Waals surface area contributed by atoms with Gasteiger partial charge in [0.25, 0.3) is 0 Å². The van der Waals surface area contributed by atoms with E-state index < -0.39 is 0 Å². The molecule has 3 aromatic heterocycles. The Morgan fingerprint density at radius 3 is 2.88 bits per heavy atom.